The van der Waals surface area contributed by atoms with Gasteiger partial charge in [-0.2, -0.15) is 0 Å². The predicted molar refractivity (Wildman–Crippen MR) is 82.2 cm³/mol. The molecule has 2 N–H and O–H groups in total. The Kier molecular flexibility index (Phi) is 4.36. The summed E-state index contributed by atoms with van der Waals surface area (Å²) in [6.07, 6.45) is 5.84. The Morgan fingerprint density at radius 2 is 1.65 bits per heavy atom. The van der Waals surface area contributed by atoms with Crippen LogP contribution in [-0.2, 0) is 4.79 Å². The van der Waals surface area contributed by atoms with Crippen molar-refractivity contribution >= 4 is 11.9 Å². The second-order valence-electron chi connectivity index (χ2n) is 5.78. The smallest absolute Gasteiger partial charge is 0.306 e. The second kappa shape index (κ2) is 6.60. The molecule has 1 aliphatic carbocycles. The van der Waals surface area contributed by atoms with Crippen LogP contribution in [0.15, 0.2) is 36.9 Å². The largest absolute Gasteiger partial charge is 0.481 e. The number of nitrogens with zero attached hydrogens (tertiary/aromatic N) is 3. The lowest BCUT2D eigenvalue weighted by molar-refractivity contribution is -0.142. The molecule has 0 unspecified atom stereocenters. The Morgan fingerprint density at radius 1 is 1.04 bits per heavy atom. The average Bonchev–Trinajstić information content (AvgIpc) is 3.10. The first-order valence-corrected chi connectivity index (χ1v) is 7.62. The average molecular weight is 314 g/mol. The molecule has 0 atom stereocenters. The van der Waals surface area contributed by atoms with Gasteiger partial charge in [-0.3, -0.25) is 14.2 Å². The van der Waals surface area contributed by atoms with Crippen LogP contribution in [0, 0.1) is 5.92 Å². The van der Waals surface area contributed by atoms with Crippen LogP contribution in [0.1, 0.15) is 36.0 Å². The van der Waals surface area contributed by atoms with Gasteiger partial charge in [0.05, 0.1) is 5.92 Å². The van der Waals surface area contributed by atoms with Crippen molar-refractivity contribution in [1.29, 1.82) is 0 Å². The van der Waals surface area contributed by atoms with E-state index in [0.717, 1.165) is 5.69 Å². The number of aliphatic carboxylic acids is 1. The lowest BCUT2D eigenvalue weighted by Crippen LogP contribution is -2.38. The highest BCUT2D eigenvalue weighted by atomic mass is 16.4. The standard InChI is InChI=1S/C16H18N4O3/c21-15(19-13-5-1-12(2-6-13)16(22)23)11-3-7-14(8-4-11)20-9-17-18-10-20/h3-4,7-10,12-13H,1-2,5-6H2,(H,19,21)(H,22,23). The molecule has 2 aromatic rings. The number of nitrogens with one attached hydrogen (secondary N) is 1. The van der Waals surface area contributed by atoms with E-state index in [-0.39, 0.29) is 17.9 Å². The number of rotatable bonds is 4. The van der Waals surface area contributed by atoms with Crippen molar-refractivity contribution in [3.05, 3.63) is 42.5 Å². The summed E-state index contributed by atoms with van der Waals surface area (Å²) in [5, 5.41) is 19.5. The predicted octanol–water partition coefficient (Wildman–Crippen LogP) is 1.64. The fraction of sp³-hybridized carbons (Fsp3) is 0.375. The highest BCUT2D eigenvalue weighted by Crippen LogP contribution is 2.24. The molecule has 1 amide bonds. The fourth-order valence-electron chi connectivity index (χ4n) is 2.87. The van der Waals surface area contributed by atoms with E-state index >= 15 is 0 Å². The maximum absolute atomic E-state index is 12.3. The van der Waals surface area contributed by atoms with Crippen molar-refractivity contribution in [3.63, 3.8) is 0 Å². The zero-order valence-corrected chi connectivity index (χ0v) is 12.6. The third-order valence-electron chi connectivity index (χ3n) is 4.26. The summed E-state index contributed by atoms with van der Waals surface area (Å²) in [5.41, 5.74) is 1.47. The number of carboxylic acid groups (broad SMARTS) is 1. The maximum atomic E-state index is 12.3. The molecular weight excluding hydrogens is 296 g/mol. The van der Waals surface area contributed by atoms with Gasteiger partial charge < -0.3 is 10.4 Å². The van der Waals surface area contributed by atoms with Crippen LogP contribution in [0.3, 0.4) is 0 Å². The number of amides is 1. The lowest BCUT2D eigenvalue weighted by Gasteiger charge is -2.26. The van der Waals surface area contributed by atoms with Gasteiger partial charge in [0.1, 0.15) is 12.7 Å². The number of carbonyl (C=O) groups excluding carboxylic acids is 1. The molecular formula is C16H18N4O3. The van der Waals surface area contributed by atoms with E-state index in [1.807, 2.05) is 12.1 Å². The lowest BCUT2D eigenvalue weighted by atomic mass is 9.86. The van der Waals surface area contributed by atoms with Crippen molar-refractivity contribution in [2.45, 2.75) is 31.7 Å². The van der Waals surface area contributed by atoms with E-state index in [1.165, 1.54) is 0 Å². The minimum atomic E-state index is -0.737. The monoisotopic (exact) mass is 314 g/mol. The normalized spacial score (nSPS) is 20.9. The first-order chi connectivity index (χ1) is 11.1. The molecule has 0 spiro atoms. The van der Waals surface area contributed by atoms with Crippen LogP contribution < -0.4 is 5.32 Å². The summed E-state index contributed by atoms with van der Waals surface area (Å²) in [6.45, 7) is 0. The van der Waals surface area contributed by atoms with Gasteiger partial charge >= 0.3 is 5.97 Å². The topological polar surface area (TPSA) is 97.1 Å². The van der Waals surface area contributed by atoms with E-state index in [4.69, 9.17) is 5.11 Å². The second-order valence-corrected chi connectivity index (χ2v) is 5.78. The van der Waals surface area contributed by atoms with E-state index in [1.54, 1.807) is 29.4 Å². The molecule has 0 saturated heterocycles. The van der Waals surface area contributed by atoms with E-state index in [0.29, 0.717) is 31.2 Å². The fourth-order valence-corrected chi connectivity index (χ4v) is 2.87. The van der Waals surface area contributed by atoms with Gasteiger partial charge in [-0.05, 0) is 49.9 Å². The Labute approximate surface area is 133 Å². The molecule has 1 aliphatic rings. The quantitative estimate of drug-likeness (QED) is 0.894. The van der Waals surface area contributed by atoms with Gasteiger partial charge in [0, 0.05) is 17.3 Å². The van der Waals surface area contributed by atoms with E-state index in [9.17, 15) is 9.59 Å². The number of carbonyl (C=O) groups is 2. The molecule has 0 radical (unpaired) electrons. The summed E-state index contributed by atoms with van der Waals surface area (Å²) in [7, 11) is 0. The summed E-state index contributed by atoms with van der Waals surface area (Å²) in [6, 6.07) is 7.23. The number of carboxylic acids is 1. The summed E-state index contributed by atoms with van der Waals surface area (Å²) in [4.78, 5) is 23.2. The molecule has 0 aliphatic heterocycles. The molecule has 1 aromatic carbocycles. The molecule has 1 heterocycles. The van der Waals surface area contributed by atoms with Crippen molar-refractivity contribution in [2.24, 2.45) is 5.92 Å². The Bertz CT molecular complexity index is 674. The minimum absolute atomic E-state index is 0.0515. The van der Waals surface area contributed by atoms with Crippen LogP contribution in [-0.4, -0.2) is 37.8 Å². The molecule has 7 heteroatoms. The van der Waals surface area contributed by atoms with Crippen LogP contribution in [0.25, 0.3) is 5.69 Å². The van der Waals surface area contributed by atoms with Gasteiger partial charge in [-0.25, -0.2) is 0 Å². The molecule has 7 nitrogen and oxygen atoms in total. The van der Waals surface area contributed by atoms with Crippen LogP contribution in [0.4, 0.5) is 0 Å². The van der Waals surface area contributed by atoms with Crippen molar-refractivity contribution in [2.75, 3.05) is 0 Å². The third kappa shape index (κ3) is 3.56. The molecule has 3 rings (SSSR count). The van der Waals surface area contributed by atoms with Gasteiger partial charge in [-0.1, -0.05) is 0 Å². The Balaban J connectivity index is 1.57. The number of hydrogen-bond acceptors (Lipinski definition) is 4. The van der Waals surface area contributed by atoms with Crippen molar-refractivity contribution in [1.82, 2.24) is 20.1 Å². The van der Waals surface area contributed by atoms with Crippen LogP contribution in [0.2, 0.25) is 0 Å². The van der Waals surface area contributed by atoms with E-state index < -0.39 is 5.97 Å². The highest BCUT2D eigenvalue weighted by Gasteiger charge is 2.26. The highest BCUT2D eigenvalue weighted by molar-refractivity contribution is 5.94. The van der Waals surface area contributed by atoms with Crippen molar-refractivity contribution in [3.8, 4) is 5.69 Å². The SMILES string of the molecule is O=C(NC1CCC(C(=O)O)CC1)c1ccc(-n2cnnc2)cc1. The first kappa shape index (κ1) is 15.2. The molecule has 23 heavy (non-hydrogen) atoms. The minimum Gasteiger partial charge on any atom is -0.481 e. The van der Waals surface area contributed by atoms with Gasteiger partial charge in [0.25, 0.3) is 5.91 Å². The zero-order valence-electron chi connectivity index (χ0n) is 12.6. The Hall–Kier alpha value is -2.70. The molecule has 120 valence electrons. The number of aromatic nitrogens is 3. The maximum Gasteiger partial charge on any atom is 0.306 e. The summed E-state index contributed by atoms with van der Waals surface area (Å²) >= 11 is 0. The first-order valence-electron chi connectivity index (χ1n) is 7.62. The van der Waals surface area contributed by atoms with Gasteiger partial charge in [0.2, 0.25) is 0 Å². The van der Waals surface area contributed by atoms with Crippen LogP contribution >= 0.6 is 0 Å². The summed E-state index contributed by atoms with van der Waals surface area (Å²) < 4.78 is 1.76. The molecule has 1 aromatic heterocycles. The van der Waals surface area contributed by atoms with Gasteiger partial charge in [0.15, 0.2) is 0 Å². The Morgan fingerprint density at radius 3 is 2.22 bits per heavy atom. The third-order valence-corrected chi connectivity index (χ3v) is 4.26. The molecule has 0 bridgehead atoms. The molecule has 1 fully saturated rings. The number of hydrogen-bond donors (Lipinski definition) is 2. The molecule has 1 saturated carbocycles. The van der Waals surface area contributed by atoms with Gasteiger partial charge in [-0.15, -0.1) is 10.2 Å². The van der Waals surface area contributed by atoms with E-state index in [2.05, 4.69) is 15.5 Å². The number of benzene rings is 1. The van der Waals surface area contributed by atoms with Crippen LogP contribution in [0.5, 0.6) is 0 Å². The summed E-state index contributed by atoms with van der Waals surface area (Å²) in [5.74, 6) is -1.13. The van der Waals surface area contributed by atoms with Crippen molar-refractivity contribution < 1.29 is 14.7 Å². The zero-order chi connectivity index (χ0) is 16.2.